The Hall–Kier alpha value is -0.540. The third-order valence-corrected chi connectivity index (χ3v) is 5.50. The van der Waals surface area contributed by atoms with E-state index in [1.165, 1.54) is 4.31 Å². The van der Waals surface area contributed by atoms with Gasteiger partial charge in [0.15, 0.2) is 0 Å². The van der Waals surface area contributed by atoms with Crippen molar-refractivity contribution in [2.45, 2.75) is 39.7 Å². The number of hydrogen-bond acceptors (Lipinski definition) is 5. The van der Waals surface area contributed by atoms with E-state index < -0.39 is 10.2 Å². The van der Waals surface area contributed by atoms with Gasteiger partial charge in [0.1, 0.15) is 0 Å². The molecule has 0 spiro atoms. The summed E-state index contributed by atoms with van der Waals surface area (Å²) >= 11 is 1.56. The normalized spacial score (nSPS) is 12.5. The van der Waals surface area contributed by atoms with Crippen molar-refractivity contribution in [1.29, 1.82) is 0 Å². The van der Waals surface area contributed by atoms with E-state index in [0.29, 0.717) is 25.6 Å². The zero-order valence-electron chi connectivity index (χ0n) is 13.2. The average molecular weight is 335 g/mol. The number of thiazole rings is 1. The third kappa shape index (κ3) is 7.32. The first-order valence-corrected chi connectivity index (χ1v) is 9.48. The van der Waals surface area contributed by atoms with E-state index in [0.717, 1.165) is 23.7 Å². The fraction of sp³-hybridized carbons (Fsp3) is 0.769. The van der Waals surface area contributed by atoms with Crippen LogP contribution < -0.4 is 10.0 Å². The van der Waals surface area contributed by atoms with Gasteiger partial charge in [-0.25, -0.2) is 9.71 Å². The van der Waals surface area contributed by atoms with Crippen LogP contribution in [0, 0.1) is 6.92 Å². The largest absolute Gasteiger partial charge is 0.314 e. The molecule has 0 aromatic carbocycles. The molecule has 0 saturated carbocycles. The van der Waals surface area contributed by atoms with Crippen molar-refractivity contribution >= 4 is 21.5 Å². The van der Waals surface area contributed by atoms with Gasteiger partial charge in [0.25, 0.3) is 10.2 Å². The van der Waals surface area contributed by atoms with Gasteiger partial charge in [-0.1, -0.05) is 13.8 Å². The summed E-state index contributed by atoms with van der Waals surface area (Å²) in [5.74, 6) is 0. The van der Waals surface area contributed by atoms with Crippen molar-refractivity contribution in [3.05, 3.63) is 16.1 Å². The lowest BCUT2D eigenvalue weighted by molar-refractivity contribution is 0.439. The van der Waals surface area contributed by atoms with E-state index >= 15 is 0 Å². The highest BCUT2D eigenvalue weighted by Gasteiger charge is 2.16. The first-order valence-electron chi connectivity index (χ1n) is 7.16. The Morgan fingerprint density at radius 2 is 2.10 bits per heavy atom. The molecule has 0 aliphatic carbocycles. The molecule has 2 N–H and O–H groups in total. The number of aromatic nitrogens is 1. The van der Waals surface area contributed by atoms with E-state index in [1.54, 1.807) is 18.4 Å². The van der Waals surface area contributed by atoms with Crippen molar-refractivity contribution in [2.24, 2.45) is 0 Å². The first kappa shape index (κ1) is 18.5. The van der Waals surface area contributed by atoms with Gasteiger partial charge in [-0.05, 0) is 19.9 Å². The van der Waals surface area contributed by atoms with Crippen LogP contribution in [0.15, 0.2) is 5.38 Å². The highest BCUT2D eigenvalue weighted by Crippen LogP contribution is 2.08. The van der Waals surface area contributed by atoms with Crippen LogP contribution in [0.5, 0.6) is 0 Å². The van der Waals surface area contributed by atoms with Gasteiger partial charge in [-0.2, -0.15) is 12.7 Å². The van der Waals surface area contributed by atoms with Gasteiger partial charge in [0.2, 0.25) is 0 Å². The monoisotopic (exact) mass is 334 g/mol. The Bertz CT molecular complexity index is 514. The Morgan fingerprint density at radius 3 is 2.67 bits per heavy atom. The van der Waals surface area contributed by atoms with Crippen molar-refractivity contribution in [2.75, 3.05) is 26.7 Å². The first-order chi connectivity index (χ1) is 9.81. The molecule has 1 heterocycles. The average Bonchev–Trinajstić information content (AvgIpc) is 2.79. The summed E-state index contributed by atoms with van der Waals surface area (Å²) in [6.07, 6.45) is 1.42. The minimum atomic E-state index is -3.39. The highest BCUT2D eigenvalue weighted by molar-refractivity contribution is 7.87. The van der Waals surface area contributed by atoms with Gasteiger partial charge >= 0.3 is 0 Å². The molecule has 0 bridgehead atoms. The van der Waals surface area contributed by atoms with Crippen LogP contribution in [0.2, 0.25) is 0 Å². The molecule has 0 fully saturated rings. The molecule has 1 aromatic rings. The molecule has 1 aromatic heterocycles. The summed E-state index contributed by atoms with van der Waals surface area (Å²) in [4.78, 5) is 4.31. The van der Waals surface area contributed by atoms with E-state index in [1.807, 2.05) is 12.3 Å². The molecule has 0 unspecified atom stereocenters. The number of rotatable bonds is 10. The fourth-order valence-corrected chi connectivity index (χ4v) is 3.45. The Labute approximate surface area is 132 Å². The van der Waals surface area contributed by atoms with Crippen LogP contribution in [0.1, 0.15) is 31.0 Å². The molecular formula is C13H26N4O2S2. The molecule has 1 rings (SSSR count). The minimum absolute atomic E-state index is 0.379. The molecule has 0 atom stereocenters. The zero-order valence-corrected chi connectivity index (χ0v) is 14.9. The second-order valence-corrected chi connectivity index (χ2v) is 8.12. The minimum Gasteiger partial charge on any atom is -0.314 e. The number of aryl methyl sites for hydroxylation is 1. The van der Waals surface area contributed by atoms with Gasteiger partial charge in [-0.3, -0.25) is 0 Å². The predicted molar refractivity (Wildman–Crippen MR) is 87.9 cm³/mol. The van der Waals surface area contributed by atoms with E-state index in [4.69, 9.17) is 0 Å². The SMILES string of the molecule is Cc1csc(CCNS(=O)(=O)N(C)CCCNC(C)C)n1. The van der Waals surface area contributed by atoms with E-state index in [9.17, 15) is 8.42 Å². The summed E-state index contributed by atoms with van der Waals surface area (Å²) < 4.78 is 28.0. The van der Waals surface area contributed by atoms with Gasteiger partial charge < -0.3 is 5.32 Å². The summed E-state index contributed by atoms with van der Waals surface area (Å²) in [7, 11) is -1.79. The van der Waals surface area contributed by atoms with Gasteiger partial charge in [0, 0.05) is 43.7 Å². The van der Waals surface area contributed by atoms with Crippen LogP contribution in [0.25, 0.3) is 0 Å². The van der Waals surface area contributed by atoms with Gasteiger partial charge in [0.05, 0.1) is 5.01 Å². The van der Waals surface area contributed by atoms with Crippen LogP contribution in [0.4, 0.5) is 0 Å². The summed E-state index contributed by atoms with van der Waals surface area (Å²) in [6.45, 7) is 7.78. The van der Waals surface area contributed by atoms with Crippen LogP contribution in [0.3, 0.4) is 0 Å². The van der Waals surface area contributed by atoms with E-state index in [2.05, 4.69) is 28.9 Å². The van der Waals surface area contributed by atoms with Crippen LogP contribution in [-0.4, -0.2) is 50.4 Å². The maximum absolute atomic E-state index is 12.0. The summed E-state index contributed by atoms with van der Waals surface area (Å²) in [5.41, 5.74) is 0.979. The van der Waals surface area contributed by atoms with Crippen LogP contribution >= 0.6 is 11.3 Å². The van der Waals surface area contributed by atoms with Crippen molar-refractivity contribution in [3.8, 4) is 0 Å². The van der Waals surface area contributed by atoms with Crippen LogP contribution in [-0.2, 0) is 16.6 Å². The van der Waals surface area contributed by atoms with Crippen molar-refractivity contribution < 1.29 is 8.42 Å². The topological polar surface area (TPSA) is 74.3 Å². The molecule has 0 aliphatic rings. The van der Waals surface area contributed by atoms with Crippen molar-refractivity contribution in [3.63, 3.8) is 0 Å². The molecule has 21 heavy (non-hydrogen) atoms. The molecule has 0 radical (unpaired) electrons. The predicted octanol–water partition coefficient (Wildman–Crippen LogP) is 1.15. The molecule has 0 aliphatic heterocycles. The lowest BCUT2D eigenvalue weighted by Gasteiger charge is -2.18. The Morgan fingerprint density at radius 1 is 1.38 bits per heavy atom. The molecule has 122 valence electrons. The molecule has 0 amide bonds. The lowest BCUT2D eigenvalue weighted by atomic mass is 10.3. The molecular weight excluding hydrogens is 308 g/mol. The maximum atomic E-state index is 12.0. The highest BCUT2D eigenvalue weighted by atomic mass is 32.2. The van der Waals surface area contributed by atoms with Crippen molar-refractivity contribution in [1.82, 2.24) is 19.3 Å². The maximum Gasteiger partial charge on any atom is 0.279 e. The smallest absolute Gasteiger partial charge is 0.279 e. The second kappa shape index (κ2) is 8.79. The molecule has 8 heteroatoms. The Balaban J connectivity index is 2.28. The van der Waals surface area contributed by atoms with Gasteiger partial charge in [-0.15, -0.1) is 11.3 Å². The second-order valence-electron chi connectivity index (χ2n) is 5.32. The number of nitrogens with zero attached hydrogens (tertiary/aromatic N) is 2. The summed E-state index contributed by atoms with van der Waals surface area (Å²) in [5, 5.41) is 6.20. The zero-order chi connectivity index (χ0) is 15.9. The number of hydrogen-bond donors (Lipinski definition) is 2. The quantitative estimate of drug-likeness (QED) is 0.630. The number of nitrogens with one attached hydrogen (secondary N) is 2. The standard InChI is InChI=1S/C13H26N4O2S2/c1-11(2)14-7-5-9-17(4)21(18,19)15-8-6-13-16-12(3)10-20-13/h10-11,14-15H,5-9H2,1-4H3. The Kier molecular flexibility index (Phi) is 7.75. The third-order valence-electron chi connectivity index (χ3n) is 2.90. The summed E-state index contributed by atoms with van der Waals surface area (Å²) in [6, 6.07) is 0.423. The molecule has 6 nitrogen and oxygen atoms in total. The molecule has 0 saturated heterocycles. The lowest BCUT2D eigenvalue weighted by Crippen LogP contribution is -2.40. The fourth-order valence-electron chi connectivity index (χ4n) is 1.73. The van der Waals surface area contributed by atoms with E-state index in [-0.39, 0.29) is 0 Å².